The minimum atomic E-state index is -0.942. The second-order valence-corrected chi connectivity index (χ2v) is 4.97. The number of ketones is 1. The van der Waals surface area contributed by atoms with Crippen LogP contribution < -0.4 is 0 Å². The Balaban J connectivity index is 1.90. The van der Waals surface area contributed by atoms with Gasteiger partial charge in [-0.2, -0.15) is 0 Å². The van der Waals surface area contributed by atoms with Crippen molar-refractivity contribution in [3.8, 4) is 0 Å². The number of hydrogen-bond donors (Lipinski definition) is 0. The van der Waals surface area contributed by atoms with Gasteiger partial charge in [0.25, 0.3) is 0 Å². The minimum Gasteiger partial charge on any atom is -0.422 e. The number of hydrogen-bond acceptors (Lipinski definition) is 4. The lowest BCUT2D eigenvalue weighted by Crippen LogP contribution is -2.26. The molecular formula is C17H14O4. The van der Waals surface area contributed by atoms with Crippen LogP contribution in [0.2, 0.25) is 0 Å². The molecule has 2 atom stereocenters. The highest BCUT2D eigenvalue weighted by atomic mass is 16.8. The lowest BCUT2D eigenvalue weighted by molar-refractivity contribution is 0.0716. The number of Topliss-reactive ketones (excluding diaryl/α,β-unsaturated/α-hetero) is 1. The van der Waals surface area contributed by atoms with E-state index in [4.69, 9.17) is 9.47 Å². The molecule has 0 spiro atoms. The second kappa shape index (κ2) is 5.40. The zero-order valence-corrected chi connectivity index (χ0v) is 11.5. The summed E-state index contributed by atoms with van der Waals surface area (Å²) in [6, 6.07) is 16.3. The number of carbonyl (C=O) groups excluding carboxylic acids is 2. The average molecular weight is 282 g/mol. The monoisotopic (exact) mass is 282 g/mol. The fourth-order valence-electron chi connectivity index (χ4n) is 2.32. The first-order valence-corrected chi connectivity index (χ1v) is 6.68. The van der Waals surface area contributed by atoms with E-state index in [0.29, 0.717) is 5.56 Å². The topological polar surface area (TPSA) is 52.6 Å². The largest absolute Gasteiger partial charge is 0.509 e. The van der Waals surface area contributed by atoms with Gasteiger partial charge in [0.1, 0.15) is 0 Å². The maximum Gasteiger partial charge on any atom is 0.509 e. The Morgan fingerprint density at radius 3 is 2.29 bits per heavy atom. The van der Waals surface area contributed by atoms with Gasteiger partial charge in [0.2, 0.25) is 11.9 Å². The van der Waals surface area contributed by atoms with Gasteiger partial charge >= 0.3 is 6.16 Å². The van der Waals surface area contributed by atoms with E-state index in [1.807, 2.05) is 49.4 Å². The molecule has 3 rings (SSSR count). The standard InChI is InChI=1S/C17H14O4/c1-11-7-9-12(10-8-11)14(18)16-15(20-17(19)21-16)13-5-3-2-4-6-13/h2-10,15-16H,1H3. The van der Waals surface area contributed by atoms with E-state index in [-0.39, 0.29) is 5.78 Å². The molecule has 2 aromatic rings. The zero-order valence-electron chi connectivity index (χ0n) is 11.5. The summed E-state index contributed by atoms with van der Waals surface area (Å²) in [5, 5.41) is 0. The summed E-state index contributed by atoms with van der Waals surface area (Å²) in [6.45, 7) is 1.94. The van der Waals surface area contributed by atoms with Crippen LogP contribution in [0.3, 0.4) is 0 Å². The van der Waals surface area contributed by atoms with Crippen molar-refractivity contribution < 1.29 is 19.1 Å². The van der Waals surface area contributed by atoms with Gasteiger partial charge in [0, 0.05) is 5.56 Å². The lowest BCUT2D eigenvalue weighted by atomic mass is 9.97. The predicted molar refractivity (Wildman–Crippen MR) is 76.0 cm³/mol. The van der Waals surface area contributed by atoms with Crippen LogP contribution in [0.15, 0.2) is 54.6 Å². The van der Waals surface area contributed by atoms with E-state index in [1.54, 1.807) is 12.1 Å². The quantitative estimate of drug-likeness (QED) is 0.639. The molecule has 1 fully saturated rings. The molecule has 0 aromatic heterocycles. The molecule has 0 aliphatic carbocycles. The van der Waals surface area contributed by atoms with E-state index in [1.165, 1.54) is 0 Å². The van der Waals surface area contributed by atoms with E-state index in [9.17, 15) is 9.59 Å². The summed E-state index contributed by atoms with van der Waals surface area (Å²) >= 11 is 0. The second-order valence-electron chi connectivity index (χ2n) is 4.97. The molecule has 21 heavy (non-hydrogen) atoms. The van der Waals surface area contributed by atoms with Crippen molar-refractivity contribution in [3.63, 3.8) is 0 Å². The minimum absolute atomic E-state index is 0.255. The number of carbonyl (C=O) groups is 2. The molecule has 4 heteroatoms. The average Bonchev–Trinajstić information content (AvgIpc) is 2.90. The van der Waals surface area contributed by atoms with Crippen molar-refractivity contribution in [3.05, 3.63) is 71.3 Å². The van der Waals surface area contributed by atoms with E-state index >= 15 is 0 Å². The number of rotatable bonds is 3. The fraction of sp³-hybridized carbons (Fsp3) is 0.176. The molecule has 0 bridgehead atoms. The van der Waals surface area contributed by atoms with Gasteiger partial charge in [-0.15, -0.1) is 0 Å². The Morgan fingerprint density at radius 2 is 1.62 bits per heavy atom. The number of cyclic esters (lactones) is 2. The van der Waals surface area contributed by atoms with Crippen molar-refractivity contribution in [2.24, 2.45) is 0 Å². The fourth-order valence-corrected chi connectivity index (χ4v) is 2.32. The van der Waals surface area contributed by atoms with Crippen LogP contribution in [0.5, 0.6) is 0 Å². The highest BCUT2D eigenvalue weighted by Crippen LogP contribution is 2.32. The first-order chi connectivity index (χ1) is 10.1. The van der Waals surface area contributed by atoms with Crippen molar-refractivity contribution >= 4 is 11.9 Å². The van der Waals surface area contributed by atoms with E-state index in [2.05, 4.69) is 0 Å². The molecular weight excluding hydrogens is 268 g/mol. The third-order valence-corrected chi connectivity index (χ3v) is 3.44. The number of aryl methyl sites for hydroxylation is 1. The normalized spacial score (nSPS) is 20.7. The van der Waals surface area contributed by atoms with Gasteiger partial charge in [-0.3, -0.25) is 4.79 Å². The third kappa shape index (κ3) is 2.65. The highest BCUT2D eigenvalue weighted by Gasteiger charge is 2.42. The molecule has 0 N–H and O–H groups in total. The summed E-state index contributed by atoms with van der Waals surface area (Å²) in [7, 11) is 0. The van der Waals surface area contributed by atoms with Crippen LogP contribution in [-0.2, 0) is 9.47 Å². The van der Waals surface area contributed by atoms with Gasteiger partial charge in [-0.1, -0.05) is 60.2 Å². The third-order valence-electron chi connectivity index (χ3n) is 3.44. The molecule has 1 aliphatic heterocycles. The first kappa shape index (κ1) is 13.4. The van der Waals surface area contributed by atoms with E-state index in [0.717, 1.165) is 11.1 Å². The summed E-state index contributed by atoms with van der Waals surface area (Å²) < 4.78 is 10.2. The summed E-state index contributed by atoms with van der Waals surface area (Å²) in [4.78, 5) is 24.0. The Bertz CT molecular complexity index is 661. The Kier molecular flexibility index (Phi) is 3.44. The van der Waals surface area contributed by atoms with Crippen LogP contribution >= 0.6 is 0 Å². The first-order valence-electron chi connectivity index (χ1n) is 6.68. The molecule has 4 nitrogen and oxygen atoms in total. The molecule has 2 unspecified atom stereocenters. The van der Waals surface area contributed by atoms with Crippen molar-refractivity contribution in [2.75, 3.05) is 0 Å². The predicted octanol–water partition coefficient (Wildman–Crippen LogP) is 3.45. The van der Waals surface area contributed by atoms with Crippen molar-refractivity contribution in [1.82, 2.24) is 0 Å². The van der Waals surface area contributed by atoms with Gasteiger partial charge in [0.05, 0.1) is 0 Å². The molecule has 1 aliphatic rings. The summed E-state index contributed by atoms with van der Waals surface area (Å²) in [5.41, 5.74) is 2.31. The van der Waals surface area contributed by atoms with Crippen LogP contribution in [0.1, 0.15) is 27.6 Å². The molecule has 106 valence electrons. The van der Waals surface area contributed by atoms with Crippen molar-refractivity contribution in [2.45, 2.75) is 19.1 Å². The van der Waals surface area contributed by atoms with Crippen molar-refractivity contribution in [1.29, 1.82) is 0 Å². The van der Waals surface area contributed by atoms with Gasteiger partial charge in [-0.25, -0.2) is 4.79 Å². The van der Waals surface area contributed by atoms with Gasteiger partial charge in [-0.05, 0) is 12.5 Å². The van der Waals surface area contributed by atoms with Gasteiger partial charge < -0.3 is 9.47 Å². The van der Waals surface area contributed by atoms with Crippen LogP contribution in [-0.4, -0.2) is 18.0 Å². The smallest absolute Gasteiger partial charge is 0.422 e. The number of benzene rings is 2. The van der Waals surface area contributed by atoms with Crippen LogP contribution in [0.4, 0.5) is 4.79 Å². The molecule has 0 saturated carbocycles. The Labute approximate surface area is 122 Å². The molecule has 2 aromatic carbocycles. The highest BCUT2D eigenvalue weighted by molar-refractivity contribution is 6.01. The summed E-state index contributed by atoms with van der Waals surface area (Å²) in [5.74, 6) is -0.255. The molecule has 0 amide bonds. The molecule has 0 radical (unpaired) electrons. The maximum absolute atomic E-state index is 12.5. The molecule has 1 saturated heterocycles. The maximum atomic E-state index is 12.5. The lowest BCUT2D eigenvalue weighted by Gasteiger charge is -2.14. The Hall–Kier alpha value is -2.62. The number of ether oxygens (including phenoxy) is 2. The molecule has 1 heterocycles. The Morgan fingerprint density at radius 1 is 0.952 bits per heavy atom. The van der Waals surface area contributed by atoms with Crippen LogP contribution in [0, 0.1) is 6.92 Å². The van der Waals surface area contributed by atoms with Gasteiger partial charge in [0.15, 0.2) is 6.10 Å². The van der Waals surface area contributed by atoms with E-state index < -0.39 is 18.4 Å². The summed E-state index contributed by atoms with van der Waals surface area (Å²) in [6.07, 6.45) is -2.45. The SMILES string of the molecule is Cc1ccc(C(=O)C2OC(=O)OC2c2ccccc2)cc1. The van der Waals surface area contributed by atoms with Crippen LogP contribution in [0.25, 0.3) is 0 Å². The zero-order chi connectivity index (χ0) is 14.8.